The Morgan fingerprint density at radius 2 is 1.69 bits per heavy atom. The first-order valence-electron chi connectivity index (χ1n) is 8.35. The molecule has 0 aromatic heterocycles. The summed E-state index contributed by atoms with van der Waals surface area (Å²) in [5.74, 6) is -1.78. The number of hydrogen-bond acceptors (Lipinski definition) is 7. The molecule has 2 aromatic rings. The highest BCUT2D eigenvalue weighted by Crippen LogP contribution is 2.25. The molecule has 0 radical (unpaired) electrons. The van der Waals surface area contributed by atoms with Crippen molar-refractivity contribution in [3.63, 3.8) is 0 Å². The van der Waals surface area contributed by atoms with E-state index in [1.807, 2.05) is 0 Å². The van der Waals surface area contributed by atoms with Crippen LogP contribution in [0.4, 0.5) is 11.4 Å². The lowest BCUT2D eigenvalue weighted by atomic mass is 10.2. The van der Waals surface area contributed by atoms with E-state index in [1.165, 1.54) is 24.3 Å². The van der Waals surface area contributed by atoms with E-state index in [9.17, 15) is 28.1 Å². The van der Waals surface area contributed by atoms with Crippen molar-refractivity contribution in [3.05, 3.63) is 63.7 Å². The fourth-order valence-corrected chi connectivity index (χ4v) is 3.21. The van der Waals surface area contributed by atoms with E-state index in [4.69, 9.17) is 4.74 Å². The minimum atomic E-state index is -3.90. The number of rotatable bonds is 8. The second-order valence-electron chi connectivity index (χ2n) is 6.12. The number of amides is 1. The zero-order chi connectivity index (χ0) is 21.6. The Morgan fingerprint density at radius 3 is 2.31 bits per heavy atom. The molecular formula is C18H19N3O7S. The van der Waals surface area contributed by atoms with E-state index in [1.54, 1.807) is 32.0 Å². The molecule has 0 spiro atoms. The Balaban J connectivity index is 1.87. The van der Waals surface area contributed by atoms with E-state index in [0.717, 1.165) is 5.56 Å². The lowest BCUT2D eigenvalue weighted by Crippen LogP contribution is -2.32. The number of nitrogens with zero attached hydrogens (tertiary/aromatic N) is 1. The molecule has 0 heterocycles. The van der Waals surface area contributed by atoms with Gasteiger partial charge in [-0.3, -0.25) is 19.7 Å². The highest BCUT2D eigenvalue weighted by atomic mass is 32.2. The maximum absolute atomic E-state index is 12.1. The summed E-state index contributed by atoms with van der Waals surface area (Å²) < 4.78 is 31.0. The van der Waals surface area contributed by atoms with Crippen LogP contribution in [0.1, 0.15) is 11.1 Å². The smallest absolute Gasteiger partial charge is 0.321 e. The molecule has 154 valence electrons. The van der Waals surface area contributed by atoms with Crippen molar-refractivity contribution in [3.8, 4) is 0 Å². The number of nitro groups is 1. The predicted octanol–water partition coefficient (Wildman–Crippen LogP) is 1.67. The maximum atomic E-state index is 12.1. The summed E-state index contributed by atoms with van der Waals surface area (Å²) in [6, 6.07) is 10.2. The molecule has 2 N–H and O–H groups in total. The number of aryl methyl sites for hydroxylation is 2. The number of carbonyl (C=O) groups is 2. The lowest BCUT2D eigenvalue weighted by molar-refractivity contribution is -0.384. The van der Waals surface area contributed by atoms with E-state index in [2.05, 4.69) is 10.0 Å². The number of anilines is 1. The second kappa shape index (κ2) is 9.26. The number of benzene rings is 2. The molecule has 0 fully saturated rings. The molecular weight excluding hydrogens is 402 g/mol. The first kappa shape index (κ1) is 22.0. The van der Waals surface area contributed by atoms with Gasteiger partial charge in [-0.15, -0.1) is 0 Å². The van der Waals surface area contributed by atoms with Crippen molar-refractivity contribution in [2.24, 2.45) is 0 Å². The summed E-state index contributed by atoms with van der Waals surface area (Å²) in [4.78, 5) is 34.0. The van der Waals surface area contributed by atoms with Crippen LogP contribution in [0.5, 0.6) is 0 Å². The van der Waals surface area contributed by atoms with Crippen molar-refractivity contribution >= 4 is 33.3 Å². The first-order valence-corrected chi connectivity index (χ1v) is 9.83. The zero-order valence-electron chi connectivity index (χ0n) is 15.7. The number of nitro benzene ring substituents is 1. The van der Waals surface area contributed by atoms with Gasteiger partial charge in [0, 0.05) is 6.07 Å². The molecule has 0 aliphatic carbocycles. The molecule has 1 amide bonds. The molecule has 2 aromatic carbocycles. The van der Waals surface area contributed by atoms with Crippen LogP contribution in [0, 0.1) is 24.0 Å². The molecule has 0 saturated heterocycles. The van der Waals surface area contributed by atoms with Gasteiger partial charge in [-0.1, -0.05) is 23.8 Å². The van der Waals surface area contributed by atoms with E-state index >= 15 is 0 Å². The Bertz CT molecular complexity index is 1030. The second-order valence-corrected chi connectivity index (χ2v) is 7.89. The van der Waals surface area contributed by atoms with Gasteiger partial charge < -0.3 is 10.1 Å². The Hall–Kier alpha value is -3.31. The van der Waals surface area contributed by atoms with Gasteiger partial charge in [0.1, 0.15) is 12.2 Å². The average molecular weight is 421 g/mol. The molecule has 10 nitrogen and oxygen atoms in total. The predicted molar refractivity (Wildman–Crippen MR) is 104 cm³/mol. The van der Waals surface area contributed by atoms with Crippen LogP contribution in [0.25, 0.3) is 0 Å². The molecule has 0 unspecified atom stereocenters. The SMILES string of the molecule is Cc1ccc(S(=O)(=O)NCC(=O)OCC(=O)Nc2ccc(C)cc2[N+](=O)[O-])cc1. The van der Waals surface area contributed by atoms with Gasteiger partial charge in [-0.05, 0) is 37.6 Å². The number of ether oxygens (including phenoxy) is 1. The van der Waals surface area contributed by atoms with Crippen molar-refractivity contribution < 1.29 is 27.7 Å². The standard InChI is InChI=1S/C18H19N3O7S/c1-12-3-6-14(7-4-12)29(26,27)19-10-18(23)28-11-17(22)20-15-8-5-13(2)9-16(15)21(24)25/h3-9,19H,10-11H2,1-2H3,(H,20,22). The molecule has 0 aliphatic rings. The van der Waals surface area contributed by atoms with Gasteiger partial charge >= 0.3 is 5.97 Å². The quantitative estimate of drug-likeness (QED) is 0.375. The summed E-state index contributed by atoms with van der Waals surface area (Å²) in [6.07, 6.45) is 0. The van der Waals surface area contributed by atoms with Crippen molar-refractivity contribution in [1.29, 1.82) is 0 Å². The highest BCUT2D eigenvalue weighted by molar-refractivity contribution is 7.89. The maximum Gasteiger partial charge on any atom is 0.321 e. The number of carbonyl (C=O) groups excluding carboxylic acids is 2. The summed E-state index contributed by atoms with van der Waals surface area (Å²) >= 11 is 0. The topological polar surface area (TPSA) is 145 Å². The summed E-state index contributed by atoms with van der Waals surface area (Å²) in [7, 11) is -3.90. The molecule has 11 heteroatoms. The van der Waals surface area contributed by atoms with Crippen LogP contribution >= 0.6 is 0 Å². The number of hydrogen-bond donors (Lipinski definition) is 2. The molecule has 0 aliphatic heterocycles. The van der Waals surface area contributed by atoms with Gasteiger partial charge in [0.2, 0.25) is 10.0 Å². The van der Waals surface area contributed by atoms with E-state index in [0.29, 0.717) is 5.56 Å². The van der Waals surface area contributed by atoms with Gasteiger partial charge in [0.25, 0.3) is 11.6 Å². The third kappa shape index (κ3) is 6.36. The Kier molecular flexibility index (Phi) is 7.02. The van der Waals surface area contributed by atoms with Crippen LogP contribution in [0.3, 0.4) is 0 Å². The number of sulfonamides is 1. The summed E-state index contributed by atoms with van der Waals surface area (Å²) in [6.45, 7) is 2.07. The minimum Gasteiger partial charge on any atom is -0.455 e. The van der Waals surface area contributed by atoms with Crippen LogP contribution in [0.2, 0.25) is 0 Å². The van der Waals surface area contributed by atoms with Crippen LogP contribution in [0.15, 0.2) is 47.4 Å². The van der Waals surface area contributed by atoms with Crippen LogP contribution in [-0.2, 0) is 24.3 Å². The highest BCUT2D eigenvalue weighted by Gasteiger charge is 2.18. The number of nitrogens with one attached hydrogen (secondary N) is 2. The third-order valence-corrected chi connectivity index (χ3v) is 5.14. The minimum absolute atomic E-state index is 0.0136. The molecule has 0 atom stereocenters. The fraction of sp³-hybridized carbons (Fsp3) is 0.222. The van der Waals surface area contributed by atoms with Crippen molar-refractivity contribution in [2.75, 3.05) is 18.5 Å². The van der Waals surface area contributed by atoms with E-state index < -0.39 is 40.0 Å². The summed E-state index contributed by atoms with van der Waals surface area (Å²) in [5, 5.41) is 13.3. The first-order chi connectivity index (χ1) is 13.6. The van der Waals surface area contributed by atoms with Crippen molar-refractivity contribution in [2.45, 2.75) is 18.7 Å². The van der Waals surface area contributed by atoms with Crippen LogP contribution < -0.4 is 10.0 Å². The summed E-state index contributed by atoms with van der Waals surface area (Å²) in [5.41, 5.74) is 1.18. The molecule has 0 saturated carbocycles. The van der Waals surface area contributed by atoms with Gasteiger partial charge in [-0.25, -0.2) is 8.42 Å². The molecule has 2 rings (SSSR count). The third-order valence-electron chi connectivity index (χ3n) is 3.73. The van der Waals surface area contributed by atoms with Crippen molar-refractivity contribution in [1.82, 2.24) is 4.72 Å². The van der Waals surface area contributed by atoms with Crippen LogP contribution in [-0.4, -0.2) is 38.4 Å². The largest absolute Gasteiger partial charge is 0.455 e. The lowest BCUT2D eigenvalue weighted by Gasteiger charge is -2.09. The fourth-order valence-electron chi connectivity index (χ4n) is 2.24. The Labute approximate surface area is 167 Å². The normalized spacial score (nSPS) is 11.0. The van der Waals surface area contributed by atoms with Gasteiger partial charge in [0.05, 0.1) is 9.82 Å². The zero-order valence-corrected chi connectivity index (χ0v) is 16.5. The van der Waals surface area contributed by atoms with Gasteiger partial charge in [-0.2, -0.15) is 4.72 Å². The van der Waals surface area contributed by atoms with E-state index in [-0.39, 0.29) is 16.3 Å². The number of esters is 1. The Morgan fingerprint density at radius 1 is 1.07 bits per heavy atom. The monoisotopic (exact) mass is 421 g/mol. The molecule has 29 heavy (non-hydrogen) atoms. The molecule has 0 bridgehead atoms. The average Bonchev–Trinajstić information content (AvgIpc) is 2.66. The van der Waals surface area contributed by atoms with Gasteiger partial charge in [0.15, 0.2) is 6.61 Å².